The van der Waals surface area contributed by atoms with Crippen molar-refractivity contribution >= 4 is 5.91 Å². The molecule has 0 atom stereocenters. The molecular formula is C15H25NO2. The lowest BCUT2D eigenvalue weighted by Crippen LogP contribution is -2.32. The summed E-state index contributed by atoms with van der Waals surface area (Å²) >= 11 is 0. The first-order chi connectivity index (χ1) is 8.74. The van der Waals surface area contributed by atoms with Crippen LogP contribution < -0.4 is 5.32 Å². The van der Waals surface area contributed by atoms with Crippen LogP contribution in [-0.2, 0) is 4.79 Å². The van der Waals surface area contributed by atoms with Crippen LogP contribution in [-0.4, -0.2) is 23.7 Å². The second-order valence-corrected chi connectivity index (χ2v) is 5.76. The number of nitrogens with one attached hydrogen (secondary N) is 1. The molecule has 0 heterocycles. The number of carbonyl (C=O) groups is 1. The molecule has 3 heteroatoms. The van der Waals surface area contributed by atoms with Crippen LogP contribution in [0.2, 0.25) is 0 Å². The average Bonchev–Trinajstić information content (AvgIpc) is 2.39. The van der Waals surface area contributed by atoms with Gasteiger partial charge in [0.1, 0.15) is 0 Å². The van der Waals surface area contributed by atoms with Gasteiger partial charge in [-0.05, 0) is 57.3 Å². The minimum Gasteiger partial charge on any atom is -0.393 e. The largest absolute Gasteiger partial charge is 0.393 e. The highest BCUT2D eigenvalue weighted by Gasteiger charge is 2.19. The van der Waals surface area contributed by atoms with E-state index in [4.69, 9.17) is 0 Å². The average molecular weight is 251 g/mol. The Balaban J connectivity index is 1.64. The molecule has 1 amide bonds. The van der Waals surface area contributed by atoms with E-state index in [2.05, 4.69) is 11.4 Å². The van der Waals surface area contributed by atoms with Gasteiger partial charge in [0, 0.05) is 13.0 Å². The molecule has 2 rings (SSSR count). The molecule has 0 unspecified atom stereocenters. The van der Waals surface area contributed by atoms with E-state index in [0.29, 0.717) is 12.3 Å². The molecular weight excluding hydrogens is 226 g/mol. The minimum atomic E-state index is -0.107. The molecule has 0 aliphatic heterocycles. The third-order valence-corrected chi connectivity index (χ3v) is 4.18. The molecule has 102 valence electrons. The number of carbonyl (C=O) groups excluding carboxylic acids is 1. The number of aliphatic hydroxyl groups is 1. The first-order valence-electron chi connectivity index (χ1n) is 7.36. The van der Waals surface area contributed by atoms with Gasteiger partial charge in [0.05, 0.1) is 6.10 Å². The van der Waals surface area contributed by atoms with Crippen molar-refractivity contribution in [3.8, 4) is 0 Å². The zero-order chi connectivity index (χ0) is 12.8. The lowest BCUT2D eigenvalue weighted by Gasteiger charge is -2.25. The van der Waals surface area contributed by atoms with Gasteiger partial charge in [0.15, 0.2) is 0 Å². The Bertz CT molecular complexity index is 304. The zero-order valence-electron chi connectivity index (χ0n) is 11.2. The number of aliphatic hydroxyl groups excluding tert-OH is 1. The summed E-state index contributed by atoms with van der Waals surface area (Å²) in [4.78, 5) is 11.8. The van der Waals surface area contributed by atoms with Crippen LogP contribution in [0.4, 0.5) is 0 Å². The van der Waals surface area contributed by atoms with Crippen LogP contribution in [0.1, 0.15) is 57.8 Å². The first-order valence-corrected chi connectivity index (χ1v) is 7.36. The van der Waals surface area contributed by atoms with E-state index in [1.807, 2.05) is 0 Å². The monoisotopic (exact) mass is 251 g/mol. The predicted octanol–water partition coefficient (Wildman–Crippen LogP) is 2.54. The molecule has 18 heavy (non-hydrogen) atoms. The van der Waals surface area contributed by atoms with Gasteiger partial charge in [0.25, 0.3) is 0 Å². The van der Waals surface area contributed by atoms with E-state index in [1.165, 1.54) is 18.4 Å². The summed E-state index contributed by atoms with van der Waals surface area (Å²) in [6, 6.07) is 0. The van der Waals surface area contributed by atoms with Gasteiger partial charge in [0.2, 0.25) is 5.91 Å². The molecule has 0 bridgehead atoms. The Morgan fingerprint density at radius 1 is 1.28 bits per heavy atom. The maximum absolute atomic E-state index is 11.8. The second-order valence-electron chi connectivity index (χ2n) is 5.76. The molecule has 0 aromatic rings. The summed E-state index contributed by atoms with van der Waals surface area (Å²) in [5.74, 6) is 0.743. The molecule has 0 saturated heterocycles. The molecule has 0 aromatic heterocycles. The summed E-state index contributed by atoms with van der Waals surface area (Å²) < 4.78 is 0. The van der Waals surface area contributed by atoms with Gasteiger partial charge in [-0.15, -0.1) is 0 Å². The molecule has 0 radical (unpaired) electrons. The smallest absolute Gasteiger partial charge is 0.224 e. The van der Waals surface area contributed by atoms with Crippen molar-refractivity contribution in [3.63, 3.8) is 0 Å². The van der Waals surface area contributed by atoms with Crippen molar-refractivity contribution in [2.24, 2.45) is 5.92 Å². The van der Waals surface area contributed by atoms with Gasteiger partial charge in [-0.25, -0.2) is 0 Å². The Kier molecular flexibility index (Phi) is 5.24. The van der Waals surface area contributed by atoms with Gasteiger partial charge < -0.3 is 10.4 Å². The summed E-state index contributed by atoms with van der Waals surface area (Å²) in [5.41, 5.74) is 1.32. The quantitative estimate of drug-likeness (QED) is 0.754. The highest BCUT2D eigenvalue weighted by atomic mass is 16.3. The van der Waals surface area contributed by atoms with Gasteiger partial charge in [-0.1, -0.05) is 11.6 Å². The topological polar surface area (TPSA) is 49.3 Å². The number of rotatable bonds is 4. The van der Waals surface area contributed by atoms with E-state index in [9.17, 15) is 9.90 Å². The molecule has 2 aliphatic rings. The van der Waals surface area contributed by atoms with E-state index >= 15 is 0 Å². The van der Waals surface area contributed by atoms with Crippen molar-refractivity contribution in [2.75, 3.05) is 6.54 Å². The highest BCUT2D eigenvalue weighted by Crippen LogP contribution is 2.24. The van der Waals surface area contributed by atoms with Crippen LogP contribution in [0.5, 0.6) is 0 Å². The fourth-order valence-electron chi connectivity index (χ4n) is 2.94. The SMILES string of the molecule is O=C(CC1=CCCCC1)NCC1CCC(O)CC1. The van der Waals surface area contributed by atoms with Crippen LogP contribution in [0.3, 0.4) is 0 Å². The lowest BCUT2D eigenvalue weighted by atomic mass is 9.87. The normalized spacial score (nSPS) is 28.6. The van der Waals surface area contributed by atoms with E-state index in [1.54, 1.807) is 0 Å². The Morgan fingerprint density at radius 2 is 2.06 bits per heavy atom. The highest BCUT2D eigenvalue weighted by molar-refractivity contribution is 5.78. The summed E-state index contributed by atoms with van der Waals surface area (Å²) in [6.45, 7) is 0.791. The van der Waals surface area contributed by atoms with Crippen LogP contribution in [0.15, 0.2) is 11.6 Å². The number of hydrogen-bond donors (Lipinski definition) is 2. The van der Waals surface area contributed by atoms with Crippen molar-refractivity contribution in [1.29, 1.82) is 0 Å². The minimum absolute atomic E-state index is 0.107. The first kappa shape index (κ1) is 13.6. The maximum atomic E-state index is 11.8. The summed E-state index contributed by atoms with van der Waals surface area (Å²) in [5, 5.41) is 12.5. The zero-order valence-corrected chi connectivity index (χ0v) is 11.2. The van der Waals surface area contributed by atoms with E-state index < -0.39 is 0 Å². The Labute approximate surface area is 110 Å². The molecule has 3 nitrogen and oxygen atoms in total. The second kappa shape index (κ2) is 6.93. The third kappa shape index (κ3) is 4.45. The molecule has 1 saturated carbocycles. The lowest BCUT2D eigenvalue weighted by molar-refractivity contribution is -0.120. The fraction of sp³-hybridized carbons (Fsp3) is 0.800. The van der Waals surface area contributed by atoms with Gasteiger partial charge in [-0.3, -0.25) is 4.79 Å². The number of allylic oxidation sites excluding steroid dienone is 1. The van der Waals surface area contributed by atoms with Crippen molar-refractivity contribution in [2.45, 2.75) is 63.9 Å². The Morgan fingerprint density at radius 3 is 2.72 bits per heavy atom. The van der Waals surface area contributed by atoms with E-state index in [-0.39, 0.29) is 12.0 Å². The molecule has 0 spiro atoms. The van der Waals surface area contributed by atoms with Gasteiger partial charge >= 0.3 is 0 Å². The summed E-state index contributed by atoms with van der Waals surface area (Å²) in [7, 11) is 0. The van der Waals surface area contributed by atoms with Crippen molar-refractivity contribution in [3.05, 3.63) is 11.6 Å². The molecule has 0 aromatic carbocycles. The van der Waals surface area contributed by atoms with E-state index in [0.717, 1.165) is 45.1 Å². The summed E-state index contributed by atoms with van der Waals surface area (Å²) in [6.07, 6.45) is 11.4. The standard InChI is InChI=1S/C15H25NO2/c17-14-8-6-13(7-9-14)11-16-15(18)10-12-4-2-1-3-5-12/h4,13-14,17H,1-3,5-11H2,(H,16,18). The third-order valence-electron chi connectivity index (χ3n) is 4.18. The number of hydrogen-bond acceptors (Lipinski definition) is 2. The predicted molar refractivity (Wildman–Crippen MR) is 72.1 cm³/mol. The fourth-order valence-corrected chi connectivity index (χ4v) is 2.94. The van der Waals surface area contributed by atoms with Crippen LogP contribution in [0, 0.1) is 5.92 Å². The molecule has 2 aliphatic carbocycles. The van der Waals surface area contributed by atoms with Crippen molar-refractivity contribution < 1.29 is 9.90 Å². The van der Waals surface area contributed by atoms with Crippen LogP contribution in [0.25, 0.3) is 0 Å². The molecule has 2 N–H and O–H groups in total. The molecule has 1 fully saturated rings. The maximum Gasteiger partial charge on any atom is 0.224 e. The van der Waals surface area contributed by atoms with Crippen molar-refractivity contribution in [1.82, 2.24) is 5.32 Å². The van der Waals surface area contributed by atoms with Gasteiger partial charge in [-0.2, -0.15) is 0 Å². The van der Waals surface area contributed by atoms with Crippen LogP contribution >= 0.6 is 0 Å². The number of amides is 1. The Hall–Kier alpha value is -0.830.